The fourth-order valence-corrected chi connectivity index (χ4v) is 3.23. The molecule has 3 aromatic heterocycles. The van der Waals surface area contributed by atoms with Gasteiger partial charge in [0.25, 0.3) is 11.6 Å². The molecule has 1 aromatic carbocycles. The Balaban J connectivity index is 1.83. The summed E-state index contributed by atoms with van der Waals surface area (Å²) in [6.07, 6.45) is 0. The van der Waals surface area contributed by atoms with Crippen molar-refractivity contribution in [3.63, 3.8) is 0 Å². The first-order valence-corrected chi connectivity index (χ1v) is 8.27. The van der Waals surface area contributed by atoms with Gasteiger partial charge in [0.15, 0.2) is 0 Å². The van der Waals surface area contributed by atoms with Crippen LogP contribution in [0.4, 0.5) is 5.69 Å². The Hall–Kier alpha value is -2.99. The lowest BCUT2D eigenvalue weighted by atomic mass is 10.1. The van der Waals surface area contributed by atoms with Crippen LogP contribution in [0.2, 0.25) is 0 Å². The number of nitrogens with one attached hydrogen (secondary N) is 1. The first kappa shape index (κ1) is 14.6. The van der Waals surface area contributed by atoms with Gasteiger partial charge in [-0.25, -0.2) is 4.98 Å². The summed E-state index contributed by atoms with van der Waals surface area (Å²) < 4.78 is 5.29. The van der Waals surface area contributed by atoms with E-state index >= 15 is 0 Å². The largest absolute Gasteiger partial charge is 0.335 e. The van der Waals surface area contributed by atoms with E-state index in [-0.39, 0.29) is 5.91 Å². The minimum Gasteiger partial charge on any atom is -0.335 e. The average Bonchev–Trinajstić information content (AvgIpc) is 3.25. The van der Waals surface area contributed by atoms with Crippen LogP contribution >= 0.6 is 11.3 Å². The minimum atomic E-state index is -0.210. The summed E-state index contributed by atoms with van der Waals surface area (Å²) >= 11 is 1.56. The average molecular weight is 335 g/mol. The predicted octanol–water partition coefficient (Wildman–Crippen LogP) is 4.51. The van der Waals surface area contributed by atoms with E-state index in [1.165, 1.54) is 0 Å². The Labute approximate surface area is 141 Å². The predicted molar refractivity (Wildman–Crippen MR) is 94.2 cm³/mol. The van der Waals surface area contributed by atoms with Crippen LogP contribution in [0.5, 0.6) is 0 Å². The number of benzene rings is 1. The van der Waals surface area contributed by atoms with Crippen molar-refractivity contribution in [3.05, 3.63) is 65.2 Å². The first-order valence-electron chi connectivity index (χ1n) is 7.39. The van der Waals surface area contributed by atoms with Crippen molar-refractivity contribution in [2.75, 3.05) is 5.32 Å². The van der Waals surface area contributed by atoms with Crippen LogP contribution in [0, 0.1) is 6.92 Å². The van der Waals surface area contributed by atoms with Gasteiger partial charge < -0.3 is 9.84 Å². The molecule has 24 heavy (non-hydrogen) atoms. The van der Waals surface area contributed by atoms with Crippen LogP contribution in [0.1, 0.15) is 16.1 Å². The van der Waals surface area contributed by atoms with Crippen molar-refractivity contribution in [1.29, 1.82) is 0 Å². The van der Waals surface area contributed by atoms with Crippen LogP contribution in [0.15, 0.2) is 58.4 Å². The molecule has 3 heterocycles. The van der Waals surface area contributed by atoms with Gasteiger partial charge in [0.2, 0.25) is 0 Å². The van der Waals surface area contributed by atoms with Gasteiger partial charge in [-0.1, -0.05) is 29.4 Å². The van der Waals surface area contributed by atoms with Crippen molar-refractivity contribution >= 4 is 34.0 Å². The second kappa shape index (κ2) is 5.90. The number of nitrogens with zero attached hydrogens (tertiary/aromatic N) is 2. The third-order valence-corrected chi connectivity index (χ3v) is 4.56. The number of anilines is 1. The molecule has 0 bridgehead atoms. The van der Waals surface area contributed by atoms with E-state index in [2.05, 4.69) is 15.5 Å². The lowest BCUT2D eigenvalue weighted by Crippen LogP contribution is -2.13. The highest BCUT2D eigenvalue weighted by atomic mass is 32.1. The number of hydrogen-bond acceptors (Lipinski definition) is 5. The van der Waals surface area contributed by atoms with Gasteiger partial charge in [0.1, 0.15) is 0 Å². The normalized spacial score (nSPS) is 10.9. The second-order valence-corrected chi connectivity index (χ2v) is 6.25. The fourth-order valence-electron chi connectivity index (χ4n) is 2.54. The lowest BCUT2D eigenvalue weighted by Gasteiger charge is -2.07. The Morgan fingerprint density at radius 3 is 2.75 bits per heavy atom. The maximum Gasteiger partial charge on any atom is 0.259 e. The van der Waals surface area contributed by atoms with Crippen LogP contribution in [0.3, 0.4) is 0 Å². The number of hydrogen-bond donors (Lipinski definition) is 1. The quantitative estimate of drug-likeness (QED) is 0.598. The van der Waals surface area contributed by atoms with Crippen LogP contribution < -0.4 is 5.32 Å². The molecule has 4 aromatic rings. The van der Waals surface area contributed by atoms with Crippen LogP contribution in [-0.2, 0) is 0 Å². The van der Waals surface area contributed by atoms with E-state index in [1.54, 1.807) is 24.3 Å². The van der Waals surface area contributed by atoms with Crippen molar-refractivity contribution in [2.45, 2.75) is 6.92 Å². The number of aromatic nitrogens is 2. The molecule has 0 fully saturated rings. The summed E-state index contributed by atoms with van der Waals surface area (Å²) in [4.78, 5) is 18.3. The molecule has 1 amide bonds. The van der Waals surface area contributed by atoms with Gasteiger partial charge in [0.05, 0.1) is 27.2 Å². The molecular weight excluding hydrogens is 322 g/mol. The lowest BCUT2D eigenvalue weighted by molar-refractivity contribution is 0.102. The maximum absolute atomic E-state index is 12.8. The Morgan fingerprint density at radius 1 is 1.17 bits per heavy atom. The molecular formula is C18H13N3O2S. The molecule has 1 N–H and O–H groups in total. The maximum atomic E-state index is 12.8. The molecule has 0 aliphatic heterocycles. The van der Waals surface area contributed by atoms with Crippen molar-refractivity contribution in [3.8, 4) is 10.6 Å². The van der Waals surface area contributed by atoms with Crippen molar-refractivity contribution in [2.24, 2.45) is 0 Å². The summed E-state index contributed by atoms with van der Waals surface area (Å²) in [5.41, 5.74) is 2.96. The Morgan fingerprint density at radius 2 is 2.00 bits per heavy atom. The Kier molecular flexibility index (Phi) is 3.59. The number of carbonyl (C=O) groups excluding carboxylic acids is 1. The number of carbonyl (C=O) groups is 1. The number of para-hydroxylation sites is 1. The number of amides is 1. The first-order chi connectivity index (χ1) is 11.7. The topological polar surface area (TPSA) is 68.0 Å². The van der Waals surface area contributed by atoms with Gasteiger partial charge in [0, 0.05) is 5.69 Å². The summed E-state index contributed by atoms with van der Waals surface area (Å²) in [5.74, 6) is -0.210. The van der Waals surface area contributed by atoms with Crippen molar-refractivity contribution < 1.29 is 9.32 Å². The molecule has 0 aliphatic rings. The zero-order valence-corrected chi connectivity index (χ0v) is 13.6. The number of thiophene rings is 1. The van der Waals surface area contributed by atoms with Gasteiger partial charge >= 0.3 is 0 Å². The summed E-state index contributed by atoms with van der Waals surface area (Å²) in [7, 11) is 0. The third-order valence-electron chi connectivity index (χ3n) is 3.67. The van der Waals surface area contributed by atoms with Crippen LogP contribution in [-0.4, -0.2) is 16.0 Å². The number of fused-ring (bicyclic) bond motifs is 1. The van der Waals surface area contributed by atoms with E-state index in [0.717, 1.165) is 10.6 Å². The highest BCUT2D eigenvalue weighted by Crippen LogP contribution is 2.29. The molecule has 0 unspecified atom stereocenters. The highest BCUT2D eigenvalue weighted by Gasteiger charge is 2.19. The molecule has 118 valence electrons. The molecule has 0 saturated carbocycles. The summed E-state index contributed by atoms with van der Waals surface area (Å²) in [6.45, 7) is 1.80. The molecule has 0 saturated heterocycles. The van der Waals surface area contributed by atoms with Gasteiger partial charge in [-0.15, -0.1) is 11.3 Å². The van der Waals surface area contributed by atoms with E-state index in [9.17, 15) is 4.79 Å². The second-order valence-electron chi connectivity index (χ2n) is 5.30. The standard InChI is InChI=1S/C18H13N3O2S/c1-11-16-13(17(22)19-12-6-3-2-4-7-12)10-14(15-8-5-9-24-15)20-18(16)23-21-11/h2-10H,1H3,(H,19,22). The zero-order chi connectivity index (χ0) is 16.5. The Bertz CT molecular complexity index is 1010. The monoisotopic (exact) mass is 335 g/mol. The van der Waals surface area contributed by atoms with E-state index < -0.39 is 0 Å². The van der Waals surface area contributed by atoms with Crippen LogP contribution in [0.25, 0.3) is 21.7 Å². The SMILES string of the molecule is Cc1noc2nc(-c3cccs3)cc(C(=O)Nc3ccccc3)c12. The molecule has 0 radical (unpaired) electrons. The molecule has 0 aliphatic carbocycles. The fraction of sp³-hybridized carbons (Fsp3) is 0.0556. The third kappa shape index (κ3) is 2.57. The molecule has 5 nitrogen and oxygen atoms in total. The molecule has 0 atom stereocenters. The van der Waals surface area contributed by atoms with E-state index in [4.69, 9.17) is 4.52 Å². The van der Waals surface area contributed by atoms with Crippen molar-refractivity contribution in [1.82, 2.24) is 10.1 Å². The summed E-state index contributed by atoms with van der Waals surface area (Å²) in [5, 5.41) is 9.47. The van der Waals surface area contributed by atoms with E-state index in [1.807, 2.05) is 47.8 Å². The zero-order valence-electron chi connectivity index (χ0n) is 12.8. The van der Waals surface area contributed by atoms with Gasteiger partial charge in [-0.3, -0.25) is 4.79 Å². The molecule has 0 spiro atoms. The van der Waals surface area contributed by atoms with E-state index in [0.29, 0.717) is 28.1 Å². The number of rotatable bonds is 3. The van der Waals surface area contributed by atoms with Gasteiger partial charge in [-0.05, 0) is 36.6 Å². The number of pyridine rings is 1. The number of aryl methyl sites for hydroxylation is 1. The van der Waals surface area contributed by atoms with Gasteiger partial charge in [-0.2, -0.15) is 0 Å². The summed E-state index contributed by atoms with van der Waals surface area (Å²) in [6, 6.07) is 15.0. The highest BCUT2D eigenvalue weighted by molar-refractivity contribution is 7.13. The molecule has 6 heteroatoms. The minimum absolute atomic E-state index is 0.210. The molecule has 4 rings (SSSR count). The smallest absolute Gasteiger partial charge is 0.259 e.